The van der Waals surface area contributed by atoms with Crippen molar-refractivity contribution in [3.63, 3.8) is 0 Å². The van der Waals surface area contributed by atoms with Gasteiger partial charge in [0.1, 0.15) is 0 Å². The first-order valence-electron chi connectivity index (χ1n) is 6.25. The van der Waals surface area contributed by atoms with E-state index in [4.69, 9.17) is 11.6 Å². The molecular weight excluding hydrogens is 294 g/mol. The van der Waals surface area contributed by atoms with Gasteiger partial charge < -0.3 is 20.4 Å². The average molecular weight is 310 g/mol. The molecule has 0 saturated heterocycles. The highest BCUT2D eigenvalue weighted by atomic mass is 35.5. The minimum Gasteiger partial charge on any atom is -0.362 e. The van der Waals surface area contributed by atoms with Gasteiger partial charge >= 0.3 is 0 Å². The van der Waals surface area contributed by atoms with E-state index in [0.717, 1.165) is 13.8 Å². The van der Waals surface area contributed by atoms with Crippen LogP contribution in [0.5, 0.6) is 0 Å². The second kappa shape index (κ2) is 5.36. The highest BCUT2D eigenvalue weighted by Crippen LogP contribution is 2.32. The standard InChI is InChI=1S/C15H16ClNO4/c1-14(18,19)11-4-3-9(7-12(11)15(2,20)21)13-8-10(16)5-6-17-13/h3-8,18-21H,1-2H3. The number of aromatic nitrogens is 1. The summed E-state index contributed by atoms with van der Waals surface area (Å²) >= 11 is 5.91. The summed E-state index contributed by atoms with van der Waals surface area (Å²) in [5, 5.41) is 39.7. The SMILES string of the molecule is CC(O)(O)c1ccc(-c2cc(Cl)ccn2)cc1C(C)(O)O. The molecule has 0 aliphatic heterocycles. The van der Waals surface area contributed by atoms with Gasteiger partial charge in [0.25, 0.3) is 0 Å². The molecular formula is C15H16ClNO4. The Kier molecular flexibility index (Phi) is 4.06. The molecule has 112 valence electrons. The quantitative estimate of drug-likeness (QED) is 0.648. The molecule has 0 amide bonds. The summed E-state index contributed by atoms with van der Waals surface area (Å²) in [6.07, 6.45) is 1.53. The van der Waals surface area contributed by atoms with Crippen LogP contribution in [0.3, 0.4) is 0 Å². The van der Waals surface area contributed by atoms with Crippen LogP contribution in [0.15, 0.2) is 36.5 Å². The van der Waals surface area contributed by atoms with Crippen molar-refractivity contribution in [2.45, 2.75) is 25.4 Å². The number of halogens is 1. The van der Waals surface area contributed by atoms with Crippen molar-refractivity contribution in [3.8, 4) is 11.3 Å². The molecule has 0 saturated carbocycles. The molecule has 0 fully saturated rings. The highest BCUT2D eigenvalue weighted by Gasteiger charge is 2.31. The van der Waals surface area contributed by atoms with E-state index in [1.807, 2.05) is 0 Å². The summed E-state index contributed by atoms with van der Waals surface area (Å²) in [4.78, 5) is 4.15. The molecule has 2 aromatic rings. The molecule has 1 heterocycles. The first-order valence-corrected chi connectivity index (χ1v) is 6.63. The van der Waals surface area contributed by atoms with Gasteiger partial charge in [-0.2, -0.15) is 0 Å². The van der Waals surface area contributed by atoms with Crippen LogP contribution in [0.4, 0.5) is 0 Å². The van der Waals surface area contributed by atoms with E-state index in [0.29, 0.717) is 16.3 Å². The third-order valence-electron chi connectivity index (χ3n) is 3.06. The Morgan fingerprint density at radius 2 is 1.52 bits per heavy atom. The van der Waals surface area contributed by atoms with Crippen LogP contribution in [0.2, 0.25) is 5.02 Å². The summed E-state index contributed by atoms with van der Waals surface area (Å²) < 4.78 is 0. The molecule has 6 heteroatoms. The number of pyridine rings is 1. The number of aliphatic hydroxyl groups is 4. The van der Waals surface area contributed by atoms with Gasteiger partial charge in [-0.05, 0) is 32.0 Å². The number of nitrogens with zero attached hydrogens (tertiary/aromatic N) is 1. The summed E-state index contributed by atoms with van der Waals surface area (Å²) in [6, 6.07) is 7.72. The smallest absolute Gasteiger partial charge is 0.187 e. The van der Waals surface area contributed by atoms with Gasteiger partial charge in [-0.3, -0.25) is 4.98 Å². The molecule has 0 radical (unpaired) electrons. The second-order valence-electron chi connectivity index (χ2n) is 5.16. The Morgan fingerprint density at radius 1 is 0.905 bits per heavy atom. The van der Waals surface area contributed by atoms with Crippen molar-refractivity contribution < 1.29 is 20.4 Å². The maximum atomic E-state index is 9.85. The Labute approximate surface area is 127 Å². The van der Waals surface area contributed by atoms with E-state index in [1.54, 1.807) is 18.2 Å². The van der Waals surface area contributed by atoms with E-state index < -0.39 is 11.6 Å². The van der Waals surface area contributed by atoms with Gasteiger partial charge in [-0.15, -0.1) is 0 Å². The zero-order valence-corrected chi connectivity index (χ0v) is 12.3. The average Bonchev–Trinajstić information content (AvgIpc) is 2.36. The molecule has 1 aromatic carbocycles. The van der Waals surface area contributed by atoms with Gasteiger partial charge in [-0.25, -0.2) is 0 Å². The Hall–Kier alpha value is -1.50. The van der Waals surface area contributed by atoms with E-state index >= 15 is 0 Å². The monoisotopic (exact) mass is 309 g/mol. The molecule has 2 rings (SSSR count). The Morgan fingerprint density at radius 3 is 2.05 bits per heavy atom. The normalized spacial score (nSPS) is 12.5. The lowest BCUT2D eigenvalue weighted by Crippen LogP contribution is -2.29. The van der Waals surface area contributed by atoms with Crippen LogP contribution in [0, 0.1) is 0 Å². The van der Waals surface area contributed by atoms with Gasteiger partial charge in [-0.1, -0.05) is 23.7 Å². The molecule has 0 aliphatic carbocycles. The van der Waals surface area contributed by atoms with Crippen LogP contribution in [0.25, 0.3) is 11.3 Å². The first kappa shape index (κ1) is 15.9. The third-order valence-corrected chi connectivity index (χ3v) is 3.29. The van der Waals surface area contributed by atoms with Gasteiger partial charge in [0.05, 0.1) is 5.69 Å². The minimum absolute atomic E-state index is 0.000720. The van der Waals surface area contributed by atoms with Crippen LogP contribution < -0.4 is 0 Å². The van der Waals surface area contributed by atoms with Crippen LogP contribution in [0.1, 0.15) is 25.0 Å². The molecule has 21 heavy (non-hydrogen) atoms. The fourth-order valence-electron chi connectivity index (χ4n) is 2.07. The summed E-state index contributed by atoms with van der Waals surface area (Å²) in [7, 11) is 0. The van der Waals surface area contributed by atoms with E-state index in [9.17, 15) is 20.4 Å². The van der Waals surface area contributed by atoms with E-state index in [1.165, 1.54) is 18.3 Å². The zero-order chi connectivity index (χ0) is 15.8. The minimum atomic E-state index is -2.23. The van der Waals surface area contributed by atoms with Gasteiger partial charge in [0, 0.05) is 27.9 Å². The van der Waals surface area contributed by atoms with Crippen molar-refractivity contribution in [2.75, 3.05) is 0 Å². The number of benzene rings is 1. The molecule has 0 spiro atoms. The van der Waals surface area contributed by atoms with E-state index in [2.05, 4.69) is 4.98 Å². The Bertz CT molecular complexity index is 659. The van der Waals surface area contributed by atoms with Gasteiger partial charge in [0.2, 0.25) is 0 Å². The number of rotatable bonds is 3. The van der Waals surface area contributed by atoms with E-state index in [-0.39, 0.29) is 11.1 Å². The topological polar surface area (TPSA) is 93.8 Å². The fraction of sp³-hybridized carbons (Fsp3) is 0.267. The molecule has 0 bridgehead atoms. The van der Waals surface area contributed by atoms with Gasteiger partial charge in [0.15, 0.2) is 11.6 Å². The lowest BCUT2D eigenvalue weighted by molar-refractivity contribution is -0.174. The van der Waals surface area contributed by atoms with Crippen molar-refractivity contribution >= 4 is 11.6 Å². The molecule has 0 atom stereocenters. The largest absolute Gasteiger partial charge is 0.362 e. The summed E-state index contributed by atoms with van der Waals surface area (Å²) in [6.45, 7) is 2.29. The van der Waals surface area contributed by atoms with Crippen molar-refractivity contribution in [2.24, 2.45) is 0 Å². The lowest BCUT2D eigenvalue weighted by Gasteiger charge is -2.26. The second-order valence-corrected chi connectivity index (χ2v) is 5.60. The maximum absolute atomic E-state index is 9.85. The lowest BCUT2D eigenvalue weighted by atomic mass is 9.92. The third kappa shape index (κ3) is 3.58. The molecule has 0 unspecified atom stereocenters. The molecule has 5 nitrogen and oxygen atoms in total. The number of hydrogen-bond acceptors (Lipinski definition) is 5. The zero-order valence-electron chi connectivity index (χ0n) is 11.6. The first-order chi connectivity index (χ1) is 9.59. The Balaban J connectivity index is 2.63. The predicted molar refractivity (Wildman–Crippen MR) is 78.3 cm³/mol. The highest BCUT2D eigenvalue weighted by molar-refractivity contribution is 6.30. The fourth-order valence-corrected chi connectivity index (χ4v) is 2.23. The van der Waals surface area contributed by atoms with Crippen LogP contribution >= 0.6 is 11.6 Å². The summed E-state index contributed by atoms with van der Waals surface area (Å²) in [5.74, 6) is -4.42. The molecule has 1 aromatic heterocycles. The number of hydrogen-bond donors (Lipinski definition) is 4. The van der Waals surface area contributed by atoms with Crippen LogP contribution in [-0.4, -0.2) is 25.4 Å². The molecule has 4 N–H and O–H groups in total. The van der Waals surface area contributed by atoms with Crippen molar-refractivity contribution in [1.82, 2.24) is 4.98 Å². The van der Waals surface area contributed by atoms with Crippen LogP contribution in [-0.2, 0) is 11.6 Å². The predicted octanol–water partition coefficient (Wildman–Crippen LogP) is 1.72. The maximum Gasteiger partial charge on any atom is 0.187 e. The van der Waals surface area contributed by atoms with Crippen molar-refractivity contribution in [3.05, 3.63) is 52.7 Å². The van der Waals surface area contributed by atoms with Crippen molar-refractivity contribution in [1.29, 1.82) is 0 Å². The summed E-state index contributed by atoms with van der Waals surface area (Å²) in [5.41, 5.74) is 1.10. The molecule has 0 aliphatic rings.